The van der Waals surface area contributed by atoms with E-state index < -0.39 is 6.17 Å². The topological polar surface area (TPSA) is 59.8 Å². The second-order valence-corrected chi connectivity index (χ2v) is 17.0. The maximum absolute atomic E-state index is 6.80. The molecule has 3 aromatic heterocycles. The van der Waals surface area contributed by atoms with Crippen LogP contribution in [0.1, 0.15) is 22.9 Å². The maximum atomic E-state index is 6.80. The Morgan fingerprint density at radius 2 is 1.03 bits per heavy atom. The van der Waals surface area contributed by atoms with Crippen molar-refractivity contribution in [2.45, 2.75) is 6.17 Å². The van der Waals surface area contributed by atoms with Crippen molar-refractivity contribution >= 4 is 98.8 Å². The first kappa shape index (κ1) is 35.8. The summed E-state index contributed by atoms with van der Waals surface area (Å²) in [5, 5.41) is 15.4. The summed E-state index contributed by atoms with van der Waals surface area (Å²) in [5.41, 5.74) is 11.2. The molecule has 4 heterocycles. The minimum Gasteiger partial charge on any atom is -0.456 e. The first-order valence-electron chi connectivity index (χ1n) is 22.1. The zero-order valence-corrected chi connectivity index (χ0v) is 35.0. The lowest BCUT2D eigenvalue weighted by Gasteiger charge is -2.25. The summed E-state index contributed by atoms with van der Waals surface area (Å²) >= 11 is 0. The molecular formula is C59H37N5O. The van der Waals surface area contributed by atoms with Gasteiger partial charge in [-0.2, -0.15) is 0 Å². The molecular weight excluding hydrogens is 795 g/mol. The van der Waals surface area contributed by atoms with Crippen LogP contribution in [-0.2, 0) is 0 Å². The average Bonchev–Trinajstić information content (AvgIpc) is 4.02. The number of rotatable bonds is 5. The Kier molecular flexibility index (Phi) is 7.65. The molecule has 0 radical (unpaired) electrons. The van der Waals surface area contributed by atoms with Gasteiger partial charge in [-0.3, -0.25) is 0 Å². The zero-order valence-electron chi connectivity index (χ0n) is 35.0. The number of hydrogen-bond acceptors (Lipinski definition) is 4. The van der Waals surface area contributed by atoms with Gasteiger partial charge >= 0.3 is 0 Å². The lowest BCUT2D eigenvalue weighted by Crippen LogP contribution is -2.34. The number of nitrogens with zero attached hydrogens (tertiary/aromatic N) is 4. The molecule has 10 aromatic carbocycles. The van der Waals surface area contributed by atoms with E-state index in [0.717, 1.165) is 94.1 Å². The summed E-state index contributed by atoms with van der Waals surface area (Å²) in [6, 6.07) is 75.6. The van der Waals surface area contributed by atoms with Crippen molar-refractivity contribution in [3.05, 3.63) is 229 Å². The molecule has 0 fully saturated rings. The van der Waals surface area contributed by atoms with Gasteiger partial charge in [-0.1, -0.05) is 140 Å². The van der Waals surface area contributed by atoms with Gasteiger partial charge in [0.15, 0.2) is 5.84 Å². The van der Waals surface area contributed by atoms with E-state index in [4.69, 9.17) is 14.4 Å². The fourth-order valence-electron chi connectivity index (χ4n) is 10.4. The zero-order chi connectivity index (χ0) is 42.6. The summed E-state index contributed by atoms with van der Waals surface area (Å²) in [6.45, 7) is 0. The van der Waals surface area contributed by atoms with E-state index >= 15 is 0 Å². The first-order chi connectivity index (χ1) is 32.2. The third kappa shape index (κ3) is 5.47. The Balaban J connectivity index is 1.04. The summed E-state index contributed by atoms with van der Waals surface area (Å²) in [7, 11) is 0. The standard InChI is InChI=1S/C59H37N5O/c1-2-19-40(20-3-1)63-50-26-11-8-22-43(50)47-32-39(29-30-52(47)63)57-60-58(45-25-14-18-36-15-6-7-21-42(36)45)62-59(61-57)49-34-41(35-55-56(49)46-24-10-13-28-54(46)65-55)64-51-27-12-9-23-44(51)48-31-37-16-4-5-17-38(37)33-53(48)64/h1-35,58H,(H,60,61,62). The van der Waals surface area contributed by atoms with Crippen molar-refractivity contribution in [1.82, 2.24) is 14.5 Å². The summed E-state index contributed by atoms with van der Waals surface area (Å²) in [4.78, 5) is 11.0. The van der Waals surface area contributed by atoms with Gasteiger partial charge in [-0.05, 0) is 88.3 Å². The molecule has 14 rings (SSSR count). The number of hydrogen-bond donors (Lipinski definition) is 1. The van der Waals surface area contributed by atoms with E-state index in [1.165, 1.54) is 26.9 Å². The number of fused-ring (bicyclic) bond motifs is 11. The maximum Gasteiger partial charge on any atom is 0.159 e. The molecule has 1 atom stereocenters. The van der Waals surface area contributed by atoms with E-state index in [1.807, 2.05) is 6.07 Å². The molecule has 0 saturated carbocycles. The van der Waals surface area contributed by atoms with Crippen LogP contribution in [0.5, 0.6) is 0 Å². The van der Waals surface area contributed by atoms with E-state index in [9.17, 15) is 0 Å². The SMILES string of the molecule is c1ccc(-n2c3ccccc3c3cc(C4=NC(c5cccc6ccccc56)NC(c5cc(-n6c7ccccc7c7cc8ccccc8cc76)cc6oc7ccccc7c56)=N4)ccc32)cc1. The highest BCUT2D eigenvalue weighted by Crippen LogP contribution is 2.40. The van der Waals surface area contributed by atoms with Crippen LogP contribution >= 0.6 is 0 Å². The summed E-state index contributed by atoms with van der Waals surface area (Å²) in [5.74, 6) is 1.38. The van der Waals surface area contributed by atoms with Crippen LogP contribution in [0.25, 0.3) is 98.5 Å². The smallest absolute Gasteiger partial charge is 0.159 e. The molecule has 0 bridgehead atoms. The number of aliphatic imine (C=N–C) groups is 2. The molecule has 1 aliphatic rings. The van der Waals surface area contributed by atoms with Crippen LogP contribution in [0.3, 0.4) is 0 Å². The molecule has 0 aliphatic carbocycles. The molecule has 1 N–H and O–H groups in total. The number of furan rings is 1. The van der Waals surface area contributed by atoms with Crippen molar-refractivity contribution in [3.8, 4) is 11.4 Å². The Hall–Kier alpha value is -8.74. The van der Waals surface area contributed by atoms with Crippen LogP contribution < -0.4 is 5.32 Å². The highest BCUT2D eigenvalue weighted by Gasteiger charge is 2.27. The van der Waals surface area contributed by atoms with Gasteiger partial charge in [0.1, 0.15) is 23.2 Å². The Morgan fingerprint density at radius 3 is 1.83 bits per heavy atom. The van der Waals surface area contributed by atoms with Gasteiger partial charge in [-0.15, -0.1) is 0 Å². The fraction of sp³-hybridized carbons (Fsp3) is 0.0169. The van der Waals surface area contributed by atoms with Crippen LogP contribution in [0.2, 0.25) is 0 Å². The van der Waals surface area contributed by atoms with E-state index in [0.29, 0.717) is 5.84 Å². The van der Waals surface area contributed by atoms with Crippen LogP contribution in [0.4, 0.5) is 0 Å². The lowest BCUT2D eigenvalue weighted by atomic mass is 10.00. The molecule has 6 heteroatoms. The number of para-hydroxylation sites is 4. The Morgan fingerprint density at radius 1 is 0.415 bits per heavy atom. The Labute approximate surface area is 372 Å². The van der Waals surface area contributed by atoms with Gasteiger partial charge in [0.2, 0.25) is 0 Å². The Bertz CT molecular complexity index is 4160. The number of aromatic nitrogens is 2. The minimum absolute atomic E-state index is 0.443. The molecule has 13 aromatic rings. The largest absolute Gasteiger partial charge is 0.456 e. The van der Waals surface area contributed by atoms with Crippen molar-refractivity contribution in [2.24, 2.45) is 9.98 Å². The second-order valence-electron chi connectivity index (χ2n) is 17.0. The molecule has 0 spiro atoms. The van der Waals surface area contributed by atoms with E-state index in [-0.39, 0.29) is 0 Å². The number of nitrogens with one attached hydrogen (secondary N) is 1. The molecule has 6 nitrogen and oxygen atoms in total. The van der Waals surface area contributed by atoms with E-state index in [2.05, 4.69) is 221 Å². The minimum atomic E-state index is -0.443. The van der Waals surface area contributed by atoms with Gasteiger partial charge < -0.3 is 18.9 Å². The predicted octanol–water partition coefficient (Wildman–Crippen LogP) is 14.6. The molecule has 65 heavy (non-hydrogen) atoms. The number of amidine groups is 2. The third-order valence-electron chi connectivity index (χ3n) is 13.3. The quantitative estimate of drug-likeness (QED) is 0.188. The number of benzene rings is 10. The summed E-state index contributed by atoms with van der Waals surface area (Å²) < 4.78 is 11.5. The fourth-order valence-corrected chi connectivity index (χ4v) is 10.4. The van der Waals surface area contributed by atoms with Gasteiger partial charge in [0.05, 0.1) is 27.8 Å². The van der Waals surface area contributed by atoms with Gasteiger partial charge in [0, 0.05) is 60.8 Å². The van der Waals surface area contributed by atoms with Crippen LogP contribution in [0.15, 0.2) is 227 Å². The molecule has 1 unspecified atom stereocenters. The lowest BCUT2D eigenvalue weighted by molar-refractivity contribution is 0.668. The van der Waals surface area contributed by atoms with Crippen molar-refractivity contribution < 1.29 is 4.42 Å². The van der Waals surface area contributed by atoms with E-state index in [1.54, 1.807) is 0 Å². The van der Waals surface area contributed by atoms with Crippen LogP contribution in [0, 0.1) is 0 Å². The van der Waals surface area contributed by atoms with Crippen LogP contribution in [-0.4, -0.2) is 20.8 Å². The average molecular weight is 832 g/mol. The molecule has 1 aliphatic heterocycles. The second kappa shape index (κ2) is 13.9. The molecule has 0 amide bonds. The molecule has 304 valence electrons. The van der Waals surface area contributed by atoms with Crippen molar-refractivity contribution in [2.75, 3.05) is 0 Å². The van der Waals surface area contributed by atoms with Crippen molar-refractivity contribution in [1.29, 1.82) is 0 Å². The van der Waals surface area contributed by atoms with Gasteiger partial charge in [0.25, 0.3) is 0 Å². The van der Waals surface area contributed by atoms with Gasteiger partial charge in [-0.25, -0.2) is 9.98 Å². The normalized spacial score (nSPS) is 14.3. The predicted molar refractivity (Wildman–Crippen MR) is 269 cm³/mol. The highest BCUT2D eigenvalue weighted by molar-refractivity contribution is 6.23. The highest BCUT2D eigenvalue weighted by atomic mass is 16.3. The summed E-state index contributed by atoms with van der Waals surface area (Å²) in [6.07, 6.45) is -0.443. The first-order valence-corrected chi connectivity index (χ1v) is 22.1. The van der Waals surface area contributed by atoms with Crippen molar-refractivity contribution in [3.63, 3.8) is 0 Å². The monoisotopic (exact) mass is 831 g/mol. The molecule has 0 saturated heterocycles. The third-order valence-corrected chi connectivity index (χ3v) is 13.3.